The van der Waals surface area contributed by atoms with Crippen LogP contribution in [-0.2, 0) is 41.7 Å². The summed E-state index contributed by atoms with van der Waals surface area (Å²) in [7, 11) is -3.14. The Morgan fingerprint density at radius 3 is 2.21 bits per heavy atom. The molecule has 21 nitrogen and oxygen atoms in total. The summed E-state index contributed by atoms with van der Waals surface area (Å²) >= 11 is 11.8. The number of aromatic nitrogens is 4. The SMILES string of the molecule is CCOC(=O)C(C)OC(=O)c1cc(Oc2ccc(C(F)(F)F)cc2Cl)ccc1[N+](=O)[O-].COc1nc(C)nc(NC(=O)NS(=O)(=O)c2ccccc2CCC(F)(F)F)n1.O=C(O)COc1ccc(Cl)c2cccnc12. The van der Waals surface area contributed by atoms with Gasteiger partial charge in [0, 0.05) is 30.1 Å². The lowest BCUT2D eigenvalue weighted by atomic mass is 10.1. The van der Waals surface area contributed by atoms with Gasteiger partial charge in [-0.25, -0.2) is 32.3 Å². The van der Waals surface area contributed by atoms with Gasteiger partial charge in [0.2, 0.25) is 5.95 Å². The van der Waals surface area contributed by atoms with Crippen molar-refractivity contribution in [2.24, 2.45) is 0 Å². The number of aliphatic carboxylic acids is 1. The van der Waals surface area contributed by atoms with Crippen LogP contribution in [0.1, 0.15) is 47.6 Å². The number of nitro groups is 1. The number of aryl methyl sites for hydroxylation is 2. The maximum atomic E-state index is 12.8. The lowest BCUT2D eigenvalue weighted by molar-refractivity contribution is -0.385. The number of nitrogens with zero attached hydrogens (tertiary/aromatic N) is 5. The van der Waals surface area contributed by atoms with Crippen molar-refractivity contribution in [3.05, 3.63) is 134 Å². The smallest absolute Gasteiger partial charge is 0.416 e. The zero-order valence-electron chi connectivity index (χ0n) is 39.0. The number of sulfonamides is 1. The Balaban J connectivity index is 0.000000255. The lowest BCUT2D eigenvalue weighted by Gasteiger charge is -2.13. The van der Waals surface area contributed by atoms with Gasteiger partial charge in [-0.15, -0.1) is 0 Å². The molecule has 2 aromatic heterocycles. The highest BCUT2D eigenvalue weighted by atomic mass is 35.5. The van der Waals surface area contributed by atoms with E-state index in [9.17, 15) is 64.1 Å². The first-order valence-electron chi connectivity index (χ1n) is 21.0. The summed E-state index contributed by atoms with van der Waals surface area (Å²) in [4.78, 5) is 71.8. The van der Waals surface area contributed by atoms with Crippen molar-refractivity contribution >= 4 is 79.7 Å². The Bertz CT molecular complexity index is 3180. The molecule has 6 rings (SSSR count). The molecule has 1 unspecified atom stereocenters. The molecule has 0 aliphatic rings. The molecule has 0 bridgehead atoms. The number of halogens is 8. The quantitative estimate of drug-likeness (QED) is 0.0351. The molecule has 0 radical (unpaired) electrons. The third-order valence-corrected chi connectivity index (χ3v) is 11.2. The number of carboxylic acids is 1. The van der Waals surface area contributed by atoms with Gasteiger partial charge in [-0.3, -0.25) is 20.4 Å². The Morgan fingerprint density at radius 2 is 1.59 bits per heavy atom. The van der Waals surface area contributed by atoms with Gasteiger partial charge in [-0.2, -0.15) is 41.3 Å². The van der Waals surface area contributed by atoms with E-state index in [4.69, 9.17) is 52.0 Å². The van der Waals surface area contributed by atoms with E-state index in [1.807, 2.05) is 0 Å². The summed E-state index contributed by atoms with van der Waals surface area (Å²) in [6, 6.07) is 16.0. The minimum atomic E-state index is -4.61. The average molecular weight is 1120 g/mol. The van der Waals surface area contributed by atoms with Crippen LogP contribution in [0, 0.1) is 17.0 Å². The molecule has 30 heteroatoms. The number of benzene rings is 4. The van der Waals surface area contributed by atoms with Crippen molar-refractivity contribution in [1.29, 1.82) is 0 Å². The van der Waals surface area contributed by atoms with Crippen molar-refractivity contribution < 1.29 is 87.7 Å². The Labute approximate surface area is 430 Å². The molecule has 400 valence electrons. The van der Waals surface area contributed by atoms with E-state index in [2.05, 4.69) is 25.3 Å². The molecule has 0 aliphatic carbocycles. The highest BCUT2D eigenvalue weighted by Gasteiger charge is 2.32. The molecule has 3 N–H and O–H groups in total. The summed E-state index contributed by atoms with van der Waals surface area (Å²) in [5.41, 5.74) is -1.67. The molecule has 0 aliphatic heterocycles. The normalized spacial score (nSPS) is 11.6. The van der Waals surface area contributed by atoms with Crippen LogP contribution in [0.4, 0.5) is 42.8 Å². The van der Waals surface area contributed by atoms with Gasteiger partial charge in [0.15, 0.2) is 12.7 Å². The molecule has 1 atom stereocenters. The number of amides is 2. The van der Waals surface area contributed by atoms with Crippen molar-refractivity contribution in [3.63, 3.8) is 0 Å². The van der Waals surface area contributed by atoms with Crippen LogP contribution in [0.5, 0.6) is 23.3 Å². The lowest BCUT2D eigenvalue weighted by Crippen LogP contribution is -2.35. The minimum Gasteiger partial charge on any atom is -0.480 e. The topological polar surface area (TPSA) is 288 Å². The van der Waals surface area contributed by atoms with E-state index in [0.29, 0.717) is 22.4 Å². The molecule has 75 heavy (non-hydrogen) atoms. The highest BCUT2D eigenvalue weighted by Crippen LogP contribution is 2.38. The number of hydrogen-bond donors (Lipinski definition) is 3. The van der Waals surface area contributed by atoms with Crippen molar-refractivity contribution in [2.75, 3.05) is 25.6 Å². The van der Waals surface area contributed by atoms with Crippen LogP contribution in [0.25, 0.3) is 10.9 Å². The van der Waals surface area contributed by atoms with Crippen LogP contribution in [-0.4, -0.2) is 94.9 Å². The van der Waals surface area contributed by atoms with Gasteiger partial charge in [-0.1, -0.05) is 41.4 Å². The first-order chi connectivity index (χ1) is 35.1. The average Bonchev–Trinajstić information content (AvgIpc) is 3.33. The fraction of sp³-hybridized carbons (Fsp3) is 0.244. The molecular formula is C45H39Cl2F6N7O14S. The van der Waals surface area contributed by atoms with Gasteiger partial charge in [0.1, 0.15) is 34.2 Å². The number of carbonyl (C=O) groups excluding carboxylic acids is 3. The van der Waals surface area contributed by atoms with E-state index in [-0.39, 0.29) is 46.5 Å². The second-order valence-corrected chi connectivity index (χ2v) is 17.0. The number of rotatable bonds is 16. The van der Waals surface area contributed by atoms with Crippen LogP contribution in [0.15, 0.2) is 96.0 Å². The van der Waals surface area contributed by atoms with Crippen molar-refractivity contribution in [3.8, 4) is 23.3 Å². The first kappa shape index (κ1) is 59.5. The molecule has 2 amide bonds. The summed E-state index contributed by atoms with van der Waals surface area (Å²) in [5.74, 6) is -3.02. The fourth-order valence-electron chi connectivity index (χ4n) is 5.85. The van der Waals surface area contributed by atoms with Crippen LogP contribution >= 0.6 is 23.2 Å². The number of esters is 2. The predicted octanol–water partition coefficient (Wildman–Crippen LogP) is 9.71. The molecule has 0 spiro atoms. The largest absolute Gasteiger partial charge is 0.480 e. The number of alkyl halides is 6. The maximum absolute atomic E-state index is 12.8. The fourth-order valence-corrected chi connectivity index (χ4v) is 7.46. The standard InChI is InChI=1S/C19H15ClF3NO7.C15H16F3N5O4S.C11H8ClNO3/c1-3-29-17(25)10(2)30-18(26)13-9-12(5-6-15(13)24(27)28)31-16-7-4-11(8-14(16)20)19(21,22)23;1-9-19-12(22-14(20-9)27-2)21-13(24)23-28(25,26)11-6-4-3-5-10(11)7-8-15(16,17)18;12-8-3-4-9(16-6-10(14)15)11-7(8)2-1-5-13-11/h4-10H,3H2,1-2H3;3-6H,7-8H2,1-2H3,(H2,19,20,21,22,23,24);1-5H,6H2,(H,14,15). The van der Waals surface area contributed by atoms with Gasteiger partial charge in [0.25, 0.3) is 15.7 Å². The number of carbonyl (C=O) groups is 4. The third-order valence-electron chi connectivity index (χ3n) is 9.11. The van der Waals surface area contributed by atoms with Crippen LogP contribution in [0.3, 0.4) is 0 Å². The number of hydrogen-bond acceptors (Lipinski definition) is 17. The van der Waals surface area contributed by atoms with Crippen molar-refractivity contribution in [2.45, 2.75) is 57.0 Å². The maximum Gasteiger partial charge on any atom is 0.416 e. The number of carboxylic acid groups (broad SMARTS) is 1. The van der Waals surface area contributed by atoms with Crippen molar-refractivity contribution in [1.82, 2.24) is 24.7 Å². The zero-order chi connectivity index (χ0) is 55.8. The summed E-state index contributed by atoms with van der Waals surface area (Å²) < 4.78 is 127. The van der Waals surface area contributed by atoms with Gasteiger partial charge >= 0.3 is 42.3 Å². The van der Waals surface area contributed by atoms with Gasteiger partial charge in [-0.05, 0) is 87.4 Å². The Morgan fingerprint density at radius 1 is 0.893 bits per heavy atom. The summed E-state index contributed by atoms with van der Waals surface area (Å²) in [6.45, 7) is 3.92. The number of fused-ring (bicyclic) bond motifs is 1. The number of ether oxygens (including phenoxy) is 5. The van der Waals surface area contributed by atoms with Gasteiger partial charge < -0.3 is 28.8 Å². The third kappa shape index (κ3) is 18.1. The highest BCUT2D eigenvalue weighted by molar-refractivity contribution is 7.90. The van der Waals surface area contributed by atoms with E-state index in [0.717, 1.165) is 41.8 Å². The predicted molar refractivity (Wildman–Crippen MR) is 252 cm³/mol. The Hall–Kier alpha value is -8.11. The second kappa shape index (κ2) is 26.2. The van der Waals surface area contributed by atoms with E-state index in [1.165, 1.54) is 39.2 Å². The summed E-state index contributed by atoms with van der Waals surface area (Å²) in [5, 5.41) is 22.8. The molecule has 0 saturated carbocycles. The number of nitrogens with one attached hydrogen (secondary N) is 2. The Kier molecular flexibility index (Phi) is 20.8. The van der Waals surface area contributed by atoms with E-state index < -0.39 is 98.5 Å². The van der Waals surface area contributed by atoms with Crippen LogP contribution < -0.4 is 24.2 Å². The number of pyridine rings is 1. The van der Waals surface area contributed by atoms with E-state index in [1.54, 1.807) is 42.1 Å². The molecule has 6 aromatic rings. The second-order valence-electron chi connectivity index (χ2n) is 14.6. The van der Waals surface area contributed by atoms with Gasteiger partial charge in [0.05, 0.1) is 39.1 Å². The van der Waals surface area contributed by atoms with Crippen LogP contribution in [0.2, 0.25) is 10.0 Å². The molecule has 0 saturated heterocycles. The monoisotopic (exact) mass is 1120 g/mol. The molecule has 0 fully saturated rings. The summed E-state index contributed by atoms with van der Waals surface area (Å²) in [6.07, 6.45) is -10.5. The molecular weight excluding hydrogens is 1080 g/mol. The zero-order valence-corrected chi connectivity index (χ0v) is 41.3. The first-order valence-corrected chi connectivity index (χ1v) is 23.2. The van der Waals surface area contributed by atoms with E-state index >= 15 is 0 Å². The number of methoxy groups -OCH3 is 1. The number of anilines is 1. The number of nitro benzene ring substituents is 1. The minimum absolute atomic E-state index is 0.0398. The number of urea groups is 1. The molecule has 2 heterocycles. The molecule has 4 aromatic carbocycles.